The third-order valence-electron chi connectivity index (χ3n) is 3.29. The third kappa shape index (κ3) is 4.20. The van der Waals surface area contributed by atoms with Crippen LogP contribution in [0.4, 0.5) is 10.6 Å². The summed E-state index contributed by atoms with van der Waals surface area (Å²) in [4.78, 5) is 18.1. The van der Waals surface area contributed by atoms with Gasteiger partial charge in [0.1, 0.15) is 0 Å². The lowest BCUT2D eigenvalue weighted by Crippen LogP contribution is -2.31. The van der Waals surface area contributed by atoms with Crippen LogP contribution in [-0.2, 0) is 6.54 Å². The maximum absolute atomic E-state index is 12.3. The molecule has 6 heteroatoms. The number of nitrogens with zero attached hydrogens (tertiary/aromatic N) is 3. The number of aromatic nitrogens is 1. The minimum Gasteiger partial charge on any atom is -0.493 e. The molecular formula is C17H18N4O2. The molecule has 2 aromatic rings. The van der Waals surface area contributed by atoms with Crippen LogP contribution in [0, 0.1) is 18.3 Å². The molecule has 0 aliphatic heterocycles. The molecule has 0 spiro atoms. The second-order valence-electron chi connectivity index (χ2n) is 5.10. The fourth-order valence-electron chi connectivity index (χ4n) is 2.03. The number of methoxy groups -OCH3 is 1. The fraction of sp³-hybridized carbons (Fsp3) is 0.235. The number of benzene rings is 1. The van der Waals surface area contributed by atoms with Crippen LogP contribution in [0.2, 0.25) is 0 Å². The highest BCUT2D eigenvalue weighted by Crippen LogP contribution is 2.22. The van der Waals surface area contributed by atoms with Crippen molar-refractivity contribution in [3.8, 4) is 11.8 Å². The van der Waals surface area contributed by atoms with Crippen LogP contribution >= 0.6 is 0 Å². The van der Waals surface area contributed by atoms with E-state index in [1.807, 2.05) is 25.1 Å². The second-order valence-corrected chi connectivity index (χ2v) is 5.10. The van der Waals surface area contributed by atoms with Gasteiger partial charge in [0.05, 0.1) is 18.7 Å². The van der Waals surface area contributed by atoms with E-state index in [-0.39, 0.29) is 6.03 Å². The fourth-order valence-corrected chi connectivity index (χ4v) is 2.03. The van der Waals surface area contributed by atoms with Crippen LogP contribution in [0.1, 0.15) is 16.8 Å². The molecule has 0 atom stereocenters. The number of aryl methyl sites for hydroxylation is 1. The van der Waals surface area contributed by atoms with E-state index in [0.717, 1.165) is 11.3 Å². The number of amides is 2. The number of rotatable bonds is 4. The molecule has 0 saturated heterocycles. The van der Waals surface area contributed by atoms with E-state index < -0.39 is 0 Å². The summed E-state index contributed by atoms with van der Waals surface area (Å²) in [6.45, 7) is 2.27. The number of ether oxygens (including phenoxy) is 1. The van der Waals surface area contributed by atoms with Crippen LogP contribution in [0.5, 0.6) is 5.75 Å². The minimum absolute atomic E-state index is 0.286. The molecule has 23 heavy (non-hydrogen) atoms. The topological polar surface area (TPSA) is 78.2 Å². The van der Waals surface area contributed by atoms with Gasteiger partial charge in [0.15, 0.2) is 11.6 Å². The van der Waals surface area contributed by atoms with E-state index in [2.05, 4.69) is 16.4 Å². The Balaban J connectivity index is 2.05. The molecule has 2 amide bonds. The highest BCUT2D eigenvalue weighted by molar-refractivity contribution is 5.89. The van der Waals surface area contributed by atoms with Crippen LogP contribution in [0.25, 0.3) is 0 Å². The Morgan fingerprint density at radius 3 is 2.61 bits per heavy atom. The Kier molecular flexibility index (Phi) is 5.15. The van der Waals surface area contributed by atoms with Gasteiger partial charge in [0.25, 0.3) is 0 Å². The number of carbonyl (C=O) groups excluding carboxylic acids is 1. The molecule has 1 N–H and O–H groups in total. The minimum atomic E-state index is -0.286. The van der Waals surface area contributed by atoms with Gasteiger partial charge in [0.2, 0.25) is 0 Å². The molecule has 1 aromatic heterocycles. The molecular weight excluding hydrogens is 292 g/mol. The molecule has 1 heterocycles. The van der Waals surface area contributed by atoms with Crippen molar-refractivity contribution in [2.45, 2.75) is 13.5 Å². The smallest absolute Gasteiger partial charge is 0.323 e. The van der Waals surface area contributed by atoms with E-state index in [9.17, 15) is 4.79 Å². The Morgan fingerprint density at radius 1 is 1.30 bits per heavy atom. The first-order valence-corrected chi connectivity index (χ1v) is 7.06. The second kappa shape index (κ2) is 7.27. The maximum atomic E-state index is 12.3. The van der Waals surface area contributed by atoms with Crippen LogP contribution in [0.15, 0.2) is 36.4 Å². The highest BCUT2D eigenvalue weighted by Gasteiger charge is 2.13. The molecule has 0 fully saturated rings. The van der Waals surface area contributed by atoms with Crippen molar-refractivity contribution in [3.05, 3.63) is 53.2 Å². The number of carbonyl (C=O) groups is 1. The summed E-state index contributed by atoms with van der Waals surface area (Å²) >= 11 is 0. The number of urea groups is 1. The van der Waals surface area contributed by atoms with Crippen LogP contribution in [0.3, 0.4) is 0 Å². The first kappa shape index (κ1) is 16.3. The predicted octanol–water partition coefficient (Wildman–Crippen LogP) is 2.93. The number of hydrogen-bond donors (Lipinski definition) is 1. The summed E-state index contributed by atoms with van der Waals surface area (Å²) in [5.41, 5.74) is 2.32. The monoisotopic (exact) mass is 310 g/mol. The zero-order valence-electron chi connectivity index (χ0n) is 13.3. The predicted molar refractivity (Wildman–Crippen MR) is 87.2 cm³/mol. The number of nitriles is 1. The zero-order chi connectivity index (χ0) is 16.8. The van der Waals surface area contributed by atoms with Gasteiger partial charge in [-0.2, -0.15) is 5.26 Å². The van der Waals surface area contributed by atoms with E-state index in [1.54, 1.807) is 25.2 Å². The summed E-state index contributed by atoms with van der Waals surface area (Å²) in [6, 6.07) is 12.5. The number of pyridine rings is 1. The first-order chi connectivity index (χ1) is 11.0. The van der Waals surface area contributed by atoms with Gasteiger partial charge in [-0.05, 0) is 36.8 Å². The molecule has 0 aliphatic carbocycles. The summed E-state index contributed by atoms with van der Waals surface area (Å²) in [7, 11) is 3.22. The SMILES string of the molecule is COc1ccc(C)nc1NC(=O)N(C)Cc1ccc(C#N)cc1. The van der Waals surface area contributed by atoms with Gasteiger partial charge in [-0.3, -0.25) is 5.32 Å². The molecule has 6 nitrogen and oxygen atoms in total. The summed E-state index contributed by atoms with van der Waals surface area (Å²) in [5, 5.41) is 11.5. The van der Waals surface area contributed by atoms with E-state index in [4.69, 9.17) is 10.00 Å². The van der Waals surface area contributed by atoms with E-state index in [1.165, 1.54) is 12.0 Å². The number of nitrogens with one attached hydrogen (secondary N) is 1. The zero-order valence-corrected chi connectivity index (χ0v) is 13.3. The molecule has 0 radical (unpaired) electrons. The van der Waals surface area contributed by atoms with Crippen molar-refractivity contribution in [1.82, 2.24) is 9.88 Å². The van der Waals surface area contributed by atoms with Gasteiger partial charge in [-0.15, -0.1) is 0 Å². The van der Waals surface area contributed by atoms with Crippen molar-refractivity contribution in [3.63, 3.8) is 0 Å². The van der Waals surface area contributed by atoms with Crippen molar-refractivity contribution in [1.29, 1.82) is 5.26 Å². The average molecular weight is 310 g/mol. The Hall–Kier alpha value is -3.07. The highest BCUT2D eigenvalue weighted by atomic mass is 16.5. The summed E-state index contributed by atoms with van der Waals surface area (Å²) in [6.07, 6.45) is 0. The Labute approximate surface area is 135 Å². The van der Waals surface area contributed by atoms with Crippen LogP contribution < -0.4 is 10.1 Å². The molecule has 0 saturated carbocycles. The van der Waals surface area contributed by atoms with E-state index >= 15 is 0 Å². The van der Waals surface area contributed by atoms with Gasteiger partial charge < -0.3 is 9.64 Å². The van der Waals surface area contributed by atoms with Gasteiger partial charge >= 0.3 is 6.03 Å². The lowest BCUT2D eigenvalue weighted by molar-refractivity contribution is 0.220. The normalized spacial score (nSPS) is 9.83. The van der Waals surface area contributed by atoms with Crippen LogP contribution in [-0.4, -0.2) is 30.1 Å². The van der Waals surface area contributed by atoms with Gasteiger partial charge in [0, 0.05) is 19.3 Å². The van der Waals surface area contributed by atoms with Crippen molar-refractivity contribution >= 4 is 11.8 Å². The summed E-state index contributed by atoms with van der Waals surface area (Å²) in [5.74, 6) is 0.903. The number of anilines is 1. The lowest BCUT2D eigenvalue weighted by Gasteiger charge is -2.19. The van der Waals surface area contributed by atoms with Gasteiger partial charge in [-0.25, -0.2) is 9.78 Å². The molecule has 1 aromatic carbocycles. The first-order valence-electron chi connectivity index (χ1n) is 7.06. The van der Waals surface area contributed by atoms with Crippen molar-refractivity contribution in [2.24, 2.45) is 0 Å². The Morgan fingerprint density at radius 2 is 2.00 bits per heavy atom. The largest absolute Gasteiger partial charge is 0.493 e. The third-order valence-corrected chi connectivity index (χ3v) is 3.29. The lowest BCUT2D eigenvalue weighted by atomic mass is 10.1. The number of hydrogen-bond acceptors (Lipinski definition) is 4. The molecule has 0 bridgehead atoms. The van der Waals surface area contributed by atoms with Gasteiger partial charge in [-0.1, -0.05) is 12.1 Å². The molecule has 2 rings (SSSR count). The summed E-state index contributed by atoms with van der Waals surface area (Å²) < 4.78 is 5.20. The standard InChI is InChI=1S/C17H18N4O2/c1-12-4-9-15(23-3)16(19-12)20-17(22)21(2)11-14-7-5-13(10-18)6-8-14/h4-9H,11H2,1-3H3,(H,19,20,22). The van der Waals surface area contributed by atoms with E-state index in [0.29, 0.717) is 23.7 Å². The Bertz CT molecular complexity index is 735. The molecule has 0 aliphatic rings. The quantitative estimate of drug-likeness (QED) is 0.941. The van der Waals surface area contributed by atoms with Crippen molar-refractivity contribution in [2.75, 3.05) is 19.5 Å². The molecule has 0 unspecified atom stereocenters. The maximum Gasteiger partial charge on any atom is 0.323 e. The molecule has 118 valence electrons. The average Bonchev–Trinajstić information content (AvgIpc) is 2.55. The van der Waals surface area contributed by atoms with Crippen molar-refractivity contribution < 1.29 is 9.53 Å².